The van der Waals surface area contributed by atoms with Crippen LogP contribution in [-0.4, -0.2) is 17.3 Å². The van der Waals surface area contributed by atoms with Crippen LogP contribution in [0.25, 0.3) is 12.2 Å². The highest BCUT2D eigenvalue weighted by Gasteiger charge is 2.15. The molecule has 2 aromatic rings. The van der Waals surface area contributed by atoms with Crippen molar-refractivity contribution in [3.63, 3.8) is 0 Å². The van der Waals surface area contributed by atoms with Crippen LogP contribution in [0.15, 0.2) is 28.8 Å². The molecule has 5 heteroatoms. The number of hydrogen-bond acceptors (Lipinski definition) is 5. The van der Waals surface area contributed by atoms with Gasteiger partial charge in [-0.05, 0) is 30.2 Å². The minimum absolute atomic E-state index is 0.113. The van der Waals surface area contributed by atoms with Crippen LogP contribution in [0.3, 0.4) is 0 Å². The Morgan fingerprint density at radius 2 is 2.25 bits per heavy atom. The number of rotatable bonds is 6. The Morgan fingerprint density at radius 3 is 2.95 bits per heavy atom. The maximum Gasteiger partial charge on any atom is 0.250 e. The van der Waals surface area contributed by atoms with E-state index in [9.17, 15) is 0 Å². The first-order valence-electron chi connectivity index (χ1n) is 6.63. The van der Waals surface area contributed by atoms with Crippen LogP contribution in [0.4, 0.5) is 5.69 Å². The van der Waals surface area contributed by atoms with Gasteiger partial charge in [-0.15, -0.1) is 0 Å². The van der Waals surface area contributed by atoms with Gasteiger partial charge in [0.25, 0.3) is 5.89 Å². The number of hydrogen-bond donors (Lipinski definition) is 1. The zero-order valence-corrected chi connectivity index (χ0v) is 11.7. The van der Waals surface area contributed by atoms with Crippen LogP contribution < -0.4 is 5.73 Å². The molecule has 0 aliphatic carbocycles. The quantitative estimate of drug-likeness (QED) is 0.817. The SMILES string of the molecule is CCCC(OC)c1noc(/C=C/c2cccc(N)c2)n1. The largest absolute Gasteiger partial charge is 0.399 e. The Kier molecular flexibility index (Phi) is 4.90. The Balaban J connectivity index is 2.09. The highest BCUT2D eigenvalue weighted by atomic mass is 16.5. The molecule has 2 rings (SSSR count). The van der Waals surface area contributed by atoms with E-state index < -0.39 is 0 Å². The Bertz CT molecular complexity index is 578. The number of ether oxygens (including phenoxy) is 1. The first-order valence-corrected chi connectivity index (χ1v) is 6.63. The van der Waals surface area contributed by atoms with Crippen molar-refractivity contribution < 1.29 is 9.26 Å². The molecule has 1 aromatic carbocycles. The van der Waals surface area contributed by atoms with Crippen molar-refractivity contribution in [3.8, 4) is 0 Å². The smallest absolute Gasteiger partial charge is 0.250 e. The van der Waals surface area contributed by atoms with Gasteiger partial charge in [-0.3, -0.25) is 0 Å². The van der Waals surface area contributed by atoms with E-state index in [0.29, 0.717) is 11.7 Å². The van der Waals surface area contributed by atoms with E-state index in [1.165, 1.54) is 0 Å². The van der Waals surface area contributed by atoms with Crippen LogP contribution in [0.1, 0.15) is 43.1 Å². The van der Waals surface area contributed by atoms with Crippen molar-refractivity contribution in [3.05, 3.63) is 41.5 Å². The summed E-state index contributed by atoms with van der Waals surface area (Å²) in [6.07, 6.45) is 5.41. The zero-order valence-electron chi connectivity index (χ0n) is 11.7. The van der Waals surface area contributed by atoms with Gasteiger partial charge >= 0.3 is 0 Å². The van der Waals surface area contributed by atoms with E-state index in [1.54, 1.807) is 13.2 Å². The molecule has 0 aliphatic heterocycles. The molecule has 0 fully saturated rings. The maximum absolute atomic E-state index is 5.72. The molecule has 2 N–H and O–H groups in total. The third kappa shape index (κ3) is 3.68. The van der Waals surface area contributed by atoms with E-state index in [4.69, 9.17) is 15.0 Å². The van der Waals surface area contributed by atoms with Gasteiger partial charge in [-0.1, -0.05) is 30.6 Å². The molecule has 1 atom stereocenters. The second-order valence-corrected chi connectivity index (χ2v) is 4.51. The van der Waals surface area contributed by atoms with Crippen molar-refractivity contribution in [2.75, 3.05) is 12.8 Å². The highest BCUT2D eigenvalue weighted by molar-refractivity contribution is 5.67. The van der Waals surface area contributed by atoms with Crippen LogP contribution in [0.2, 0.25) is 0 Å². The third-order valence-corrected chi connectivity index (χ3v) is 2.91. The summed E-state index contributed by atoms with van der Waals surface area (Å²) < 4.78 is 10.5. The second kappa shape index (κ2) is 6.86. The second-order valence-electron chi connectivity index (χ2n) is 4.51. The fraction of sp³-hybridized carbons (Fsp3) is 0.333. The van der Waals surface area contributed by atoms with Crippen LogP contribution >= 0.6 is 0 Å². The lowest BCUT2D eigenvalue weighted by Crippen LogP contribution is -2.03. The maximum atomic E-state index is 5.72. The van der Waals surface area contributed by atoms with Crippen LogP contribution in [0.5, 0.6) is 0 Å². The van der Waals surface area contributed by atoms with Gasteiger partial charge in [-0.2, -0.15) is 4.98 Å². The number of benzene rings is 1. The standard InChI is InChI=1S/C15H19N3O2/c1-3-5-13(19-2)15-17-14(20-18-15)9-8-11-6-4-7-12(16)10-11/h4,6-10,13H,3,5,16H2,1-2H3/b9-8+. The molecule has 0 bridgehead atoms. The van der Waals surface area contributed by atoms with Crippen molar-refractivity contribution in [1.82, 2.24) is 10.1 Å². The minimum Gasteiger partial charge on any atom is -0.399 e. The first kappa shape index (κ1) is 14.3. The summed E-state index contributed by atoms with van der Waals surface area (Å²) in [4.78, 5) is 4.32. The average molecular weight is 273 g/mol. The van der Waals surface area contributed by atoms with Crippen molar-refractivity contribution >= 4 is 17.8 Å². The lowest BCUT2D eigenvalue weighted by atomic mass is 10.2. The lowest BCUT2D eigenvalue weighted by molar-refractivity contribution is 0.0854. The summed E-state index contributed by atoms with van der Waals surface area (Å²) in [6, 6.07) is 7.58. The third-order valence-electron chi connectivity index (χ3n) is 2.91. The molecule has 1 aromatic heterocycles. The van der Waals surface area contributed by atoms with Gasteiger partial charge < -0.3 is 15.0 Å². The molecule has 1 unspecified atom stereocenters. The molecule has 1 heterocycles. The fourth-order valence-corrected chi connectivity index (χ4v) is 1.89. The fourth-order valence-electron chi connectivity index (χ4n) is 1.89. The van der Waals surface area contributed by atoms with E-state index in [2.05, 4.69) is 17.1 Å². The number of nitrogens with two attached hydrogens (primary N) is 1. The minimum atomic E-state index is -0.113. The molecule has 0 amide bonds. The summed E-state index contributed by atoms with van der Waals surface area (Å²) in [5.41, 5.74) is 7.43. The molecule has 0 spiro atoms. The molecule has 0 radical (unpaired) electrons. The molecule has 20 heavy (non-hydrogen) atoms. The molecular weight excluding hydrogens is 254 g/mol. The molecule has 0 aliphatic rings. The van der Waals surface area contributed by atoms with Gasteiger partial charge in [-0.25, -0.2) is 0 Å². The molecule has 5 nitrogen and oxygen atoms in total. The summed E-state index contributed by atoms with van der Waals surface area (Å²) in [6.45, 7) is 2.09. The van der Waals surface area contributed by atoms with Crippen LogP contribution in [0, 0.1) is 0 Å². The zero-order chi connectivity index (χ0) is 14.4. The van der Waals surface area contributed by atoms with Gasteiger partial charge in [0, 0.05) is 18.9 Å². The van der Waals surface area contributed by atoms with Crippen molar-refractivity contribution in [2.45, 2.75) is 25.9 Å². The monoisotopic (exact) mass is 273 g/mol. The average Bonchev–Trinajstić information content (AvgIpc) is 2.91. The first-order chi connectivity index (χ1) is 9.72. The normalized spacial score (nSPS) is 12.9. The summed E-state index contributed by atoms with van der Waals surface area (Å²) in [7, 11) is 1.65. The van der Waals surface area contributed by atoms with E-state index in [1.807, 2.05) is 30.3 Å². The lowest BCUT2D eigenvalue weighted by Gasteiger charge is -2.08. The molecule has 0 saturated carbocycles. The van der Waals surface area contributed by atoms with E-state index in [0.717, 1.165) is 24.1 Å². The predicted octanol–water partition coefficient (Wildman–Crippen LogP) is 3.31. The van der Waals surface area contributed by atoms with Crippen molar-refractivity contribution in [2.24, 2.45) is 0 Å². The number of nitrogen functional groups attached to an aromatic ring is 1. The number of methoxy groups -OCH3 is 1. The Hall–Kier alpha value is -2.14. The van der Waals surface area contributed by atoms with Gasteiger partial charge in [0.1, 0.15) is 6.10 Å². The topological polar surface area (TPSA) is 74.2 Å². The van der Waals surface area contributed by atoms with Crippen LogP contribution in [-0.2, 0) is 4.74 Å². The van der Waals surface area contributed by atoms with Crippen molar-refractivity contribution in [1.29, 1.82) is 0 Å². The van der Waals surface area contributed by atoms with E-state index >= 15 is 0 Å². The summed E-state index contributed by atoms with van der Waals surface area (Å²) in [5, 5.41) is 3.95. The summed E-state index contributed by atoms with van der Waals surface area (Å²) in [5.74, 6) is 1.04. The number of anilines is 1. The van der Waals surface area contributed by atoms with Gasteiger partial charge in [0.05, 0.1) is 0 Å². The Morgan fingerprint density at radius 1 is 1.40 bits per heavy atom. The predicted molar refractivity (Wildman–Crippen MR) is 78.7 cm³/mol. The number of nitrogens with zero attached hydrogens (tertiary/aromatic N) is 2. The Labute approximate surface area is 118 Å². The van der Waals surface area contributed by atoms with E-state index in [-0.39, 0.29) is 6.10 Å². The summed E-state index contributed by atoms with van der Waals surface area (Å²) >= 11 is 0. The molecule has 0 saturated heterocycles. The van der Waals surface area contributed by atoms with Gasteiger partial charge in [0.15, 0.2) is 0 Å². The highest BCUT2D eigenvalue weighted by Crippen LogP contribution is 2.19. The number of aromatic nitrogens is 2. The molecule has 106 valence electrons. The molecular formula is C15H19N3O2. The van der Waals surface area contributed by atoms with Gasteiger partial charge in [0.2, 0.25) is 5.82 Å².